The number of ether oxygens (including phenoxy) is 2. The molecular weight excluding hydrogens is 626 g/mol. The Morgan fingerprint density at radius 2 is 1.69 bits per heavy atom. The summed E-state index contributed by atoms with van der Waals surface area (Å²) in [5.74, 6) is -0.659. The van der Waals surface area contributed by atoms with Gasteiger partial charge in [0.2, 0.25) is 11.8 Å². The van der Waals surface area contributed by atoms with Gasteiger partial charge in [-0.25, -0.2) is 19.3 Å². The average molecular weight is 680 g/mol. The molecule has 5 amide bonds. The quantitative estimate of drug-likeness (QED) is 0.290. The second kappa shape index (κ2) is 15.6. The van der Waals surface area contributed by atoms with Gasteiger partial charge in [-0.1, -0.05) is 83.4 Å². The second-order valence-electron chi connectivity index (χ2n) is 15.0. The highest BCUT2D eigenvalue weighted by atomic mass is 16.6. The number of fused-ring (bicyclic) bond motifs is 1. The molecule has 1 aromatic rings. The summed E-state index contributed by atoms with van der Waals surface area (Å²) in [7, 11) is 0. The number of hydrogen-bond donors (Lipinski definition) is 3. The lowest BCUT2D eigenvalue weighted by molar-refractivity contribution is -0.155. The molecule has 268 valence electrons. The largest absolute Gasteiger partial charge is 0.464 e. The first kappa shape index (κ1) is 36.2. The van der Waals surface area contributed by atoms with E-state index >= 15 is 0 Å². The van der Waals surface area contributed by atoms with Gasteiger partial charge in [-0.15, -0.1) is 0 Å². The minimum atomic E-state index is -1.12. The molecular formula is C37H53N5O7. The van der Waals surface area contributed by atoms with Crippen molar-refractivity contribution >= 4 is 29.9 Å². The van der Waals surface area contributed by atoms with E-state index in [-0.39, 0.29) is 49.4 Å². The van der Waals surface area contributed by atoms with Gasteiger partial charge in [0, 0.05) is 18.8 Å². The Hall–Kier alpha value is -4.09. The summed E-state index contributed by atoms with van der Waals surface area (Å²) in [6.45, 7) is 12.7. The molecule has 0 spiro atoms. The highest BCUT2D eigenvalue weighted by Crippen LogP contribution is 2.43. The van der Waals surface area contributed by atoms with E-state index in [1.807, 2.05) is 39.0 Å². The molecule has 2 aliphatic carbocycles. The van der Waals surface area contributed by atoms with Crippen LogP contribution in [0.5, 0.6) is 0 Å². The van der Waals surface area contributed by atoms with Crippen molar-refractivity contribution < 1.29 is 33.4 Å². The molecule has 4 aliphatic rings. The summed E-state index contributed by atoms with van der Waals surface area (Å²) in [6, 6.07) is 5.35. The number of hydrogen-bond acceptors (Lipinski definition) is 8. The molecule has 5 rings (SSSR count). The number of nitrogens with zero attached hydrogens (tertiary/aromatic N) is 2. The van der Waals surface area contributed by atoms with Crippen molar-refractivity contribution in [1.82, 2.24) is 25.8 Å². The number of urea groups is 1. The number of benzene rings is 1. The molecule has 2 heterocycles. The normalized spacial score (nSPS) is 25.2. The van der Waals surface area contributed by atoms with Crippen LogP contribution in [0.15, 0.2) is 42.6 Å². The lowest BCUT2D eigenvalue weighted by Gasteiger charge is -2.40. The van der Waals surface area contributed by atoms with Crippen LogP contribution in [0.25, 0.3) is 0 Å². The third-order valence-electron chi connectivity index (χ3n) is 10.6. The number of amides is 5. The van der Waals surface area contributed by atoms with E-state index in [9.17, 15) is 24.0 Å². The lowest BCUT2D eigenvalue weighted by Crippen LogP contribution is -2.59. The van der Waals surface area contributed by atoms with Gasteiger partial charge >= 0.3 is 18.1 Å². The molecule has 3 N–H and O–H groups in total. The van der Waals surface area contributed by atoms with Crippen LogP contribution < -0.4 is 16.0 Å². The third-order valence-corrected chi connectivity index (χ3v) is 10.6. The van der Waals surface area contributed by atoms with Crippen molar-refractivity contribution in [3.05, 3.63) is 48.2 Å². The van der Waals surface area contributed by atoms with Gasteiger partial charge in [-0.3, -0.25) is 9.59 Å². The number of carbonyl (C=O) groups is 5. The van der Waals surface area contributed by atoms with Crippen LogP contribution in [0, 0.1) is 23.2 Å². The summed E-state index contributed by atoms with van der Waals surface area (Å²) in [6.07, 6.45) is 6.79. The number of esters is 1. The highest BCUT2D eigenvalue weighted by Gasteiger charge is 2.52. The van der Waals surface area contributed by atoms with Crippen LogP contribution in [0.2, 0.25) is 0 Å². The Morgan fingerprint density at radius 1 is 0.980 bits per heavy atom. The van der Waals surface area contributed by atoms with Gasteiger partial charge in [0.25, 0.3) is 0 Å². The first-order valence-electron chi connectivity index (χ1n) is 17.9. The lowest BCUT2D eigenvalue weighted by atomic mass is 9.81. The molecule has 2 aliphatic heterocycles. The number of rotatable bonds is 11. The number of likely N-dealkylation sites (tertiary alicyclic amines) is 1. The molecule has 1 aromatic carbocycles. The maximum atomic E-state index is 14.4. The Labute approximate surface area is 289 Å². The Morgan fingerprint density at radius 3 is 2.37 bits per heavy atom. The number of imide groups is 1. The average Bonchev–Trinajstić information content (AvgIpc) is 3.80. The van der Waals surface area contributed by atoms with Crippen molar-refractivity contribution in [2.75, 3.05) is 19.7 Å². The van der Waals surface area contributed by atoms with Crippen LogP contribution in [0.3, 0.4) is 0 Å². The SMILES string of the molecule is C=C(N[C@H](C(=O)N1C[C@@H]2CCC[C@@H]2[C@H]1C(=O)OCC)C(C)(C)C)[C@@H](NC(=O)[C@@H]1CNC(=O)N1C(=O)OCc1ccccc1)C1CCCCC1. The molecule has 2 saturated carbocycles. The standard InChI is InChI=1S/C37H53N5O7/c1-6-48-34(45)30-27-19-13-18-26(27)21-41(30)33(44)31(37(3,4)5)39-23(2)29(25-16-11-8-12-17-25)40-32(43)28-20-38-35(46)42(28)36(47)49-22-24-14-9-7-10-15-24/h7,9-10,14-15,25-31,39H,2,6,8,11-13,16-22H2,1,3-5H3,(H,38,46)(H,40,43)/t26-,27-,28-,29+,30-,31+/m0/s1. The van der Waals surface area contributed by atoms with Gasteiger partial charge in [-0.2, -0.15) is 0 Å². The van der Waals surface area contributed by atoms with Crippen molar-refractivity contribution in [3.63, 3.8) is 0 Å². The fourth-order valence-corrected chi connectivity index (χ4v) is 8.07. The topological polar surface area (TPSA) is 146 Å². The molecule has 2 saturated heterocycles. The van der Waals surface area contributed by atoms with E-state index in [0.29, 0.717) is 12.2 Å². The van der Waals surface area contributed by atoms with Crippen molar-refractivity contribution in [2.45, 2.75) is 110 Å². The first-order valence-corrected chi connectivity index (χ1v) is 17.9. The molecule has 6 atom stereocenters. The molecule has 4 fully saturated rings. The zero-order chi connectivity index (χ0) is 35.3. The first-order chi connectivity index (χ1) is 23.4. The zero-order valence-electron chi connectivity index (χ0n) is 29.4. The Kier molecular flexibility index (Phi) is 11.5. The summed E-state index contributed by atoms with van der Waals surface area (Å²) < 4.78 is 10.9. The molecule has 0 radical (unpaired) electrons. The van der Waals surface area contributed by atoms with E-state index in [2.05, 4.69) is 22.5 Å². The van der Waals surface area contributed by atoms with Crippen LogP contribution in [-0.2, 0) is 30.5 Å². The number of carbonyl (C=O) groups excluding carboxylic acids is 5. The van der Waals surface area contributed by atoms with Crippen LogP contribution in [-0.4, -0.2) is 83.6 Å². The molecule has 12 heteroatoms. The smallest absolute Gasteiger partial charge is 0.419 e. The van der Waals surface area contributed by atoms with E-state index < -0.39 is 47.6 Å². The number of nitrogens with one attached hydrogen (secondary N) is 3. The zero-order valence-corrected chi connectivity index (χ0v) is 29.4. The molecule has 0 aromatic heterocycles. The molecule has 12 nitrogen and oxygen atoms in total. The molecule has 0 unspecified atom stereocenters. The van der Waals surface area contributed by atoms with Crippen molar-refractivity contribution in [3.8, 4) is 0 Å². The summed E-state index contributed by atoms with van der Waals surface area (Å²) in [5.41, 5.74) is 0.667. The van der Waals surface area contributed by atoms with Crippen LogP contribution in [0.1, 0.15) is 84.6 Å². The maximum Gasteiger partial charge on any atom is 0.419 e. The third kappa shape index (κ3) is 8.21. The van der Waals surface area contributed by atoms with Gasteiger partial charge in [0.15, 0.2) is 0 Å². The van der Waals surface area contributed by atoms with E-state index in [1.165, 1.54) is 0 Å². The summed E-state index contributed by atoms with van der Waals surface area (Å²) >= 11 is 0. The van der Waals surface area contributed by atoms with Gasteiger partial charge in [-0.05, 0) is 61.3 Å². The Bertz CT molecular complexity index is 1390. The van der Waals surface area contributed by atoms with Crippen molar-refractivity contribution in [1.29, 1.82) is 0 Å². The fraction of sp³-hybridized carbons (Fsp3) is 0.649. The molecule has 49 heavy (non-hydrogen) atoms. The van der Waals surface area contributed by atoms with Gasteiger partial charge in [0.1, 0.15) is 24.7 Å². The highest BCUT2D eigenvalue weighted by molar-refractivity contribution is 6.00. The minimum absolute atomic E-state index is 0.0374. The van der Waals surface area contributed by atoms with Gasteiger partial charge < -0.3 is 30.3 Å². The van der Waals surface area contributed by atoms with Gasteiger partial charge in [0.05, 0.1) is 12.6 Å². The van der Waals surface area contributed by atoms with E-state index in [4.69, 9.17) is 9.47 Å². The van der Waals surface area contributed by atoms with Crippen LogP contribution >= 0.6 is 0 Å². The Balaban J connectivity index is 1.33. The van der Waals surface area contributed by atoms with Crippen molar-refractivity contribution in [2.24, 2.45) is 23.2 Å². The maximum absolute atomic E-state index is 14.4. The molecule has 0 bridgehead atoms. The van der Waals surface area contributed by atoms with Crippen LogP contribution in [0.4, 0.5) is 9.59 Å². The predicted octanol–water partition coefficient (Wildman–Crippen LogP) is 4.49. The minimum Gasteiger partial charge on any atom is -0.464 e. The van der Waals surface area contributed by atoms with E-state index in [1.54, 1.807) is 24.0 Å². The second-order valence-corrected chi connectivity index (χ2v) is 15.0. The summed E-state index contributed by atoms with van der Waals surface area (Å²) in [4.78, 5) is 69.9. The van der Waals surface area contributed by atoms with E-state index in [0.717, 1.165) is 61.8 Å². The monoisotopic (exact) mass is 679 g/mol. The fourth-order valence-electron chi connectivity index (χ4n) is 8.07. The summed E-state index contributed by atoms with van der Waals surface area (Å²) in [5, 5.41) is 9.13. The predicted molar refractivity (Wildman–Crippen MR) is 183 cm³/mol.